The van der Waals surface area contributed by atoms with E-state index < -0.39 is 5.97 Å². The zero-order valence-corrected chi connectivity index (χ0v) is 8.48. The summed E-state index contributed by atoms with van der Waals surface area (Å²) in [6.07, 6.45) is 2.50. The third-order valence-electron chi connectivity index (χ3n) is 2.56. The second-order valence-corrected chi connectivity index (χ2v) is 3.92. The standard InChI is InChI=1S/C12H14O3/c13-12(14)11-4-2-1-3-10(11)8-15-7-9-5-6-9/h1-4,9H,5-8H2,(H,13,14). The maximum Gasteiger partial charge on any atom is 0.336 e. The Morgan fingerprint density at radius 2 is 2.13 bits per heavy atom. The summed E-state index contributed by atoms with van der Waals surface area (Å²) >= 11 is 0. The zero-order valence-electron chi connectivity index (χ0n) is 8.48. The van der Waals surface area contributed by atoms with Crippen molar-refractivity contribution in [3.8, 4) is 0 Å². The Bertz CT molecular complexity index is 356. The van der Waals surface area contributed by atoms with Crippen molar-refractivity contribution in [2.75, 3.05) is 6.61 Å². The van der Waals surface area contributed by atoms with E-state index in [4.69, 9.17) is 9.84 Å². The molecule has 15 heavy (non-hydrogen) atoms. The lowest BCUT2D eigenvalue weighted by atomic mass is 10.1. The van der Waals surface area contributed by atoms with E-state index in [0.717, 1.165) is 12.2 Å². The highest BCUT2D eigenvalue weighted by molar-refractivity contribution is 5.89. The summed E-state index contributed by atoms with van der Waals surface area (Å²) < 4.78 is 5.47. The van der Waals surface area contributed by atoms with E-state index in [1.807, 2.05) is 6.07 Å². The highest BCUT2D eigenvalue weighted by atomic mass is 16.5. The lowest BCUT2D eigenvalue weighted by Crippen LogP contribution is -2.05. The van der Waals surface area contributed by atoms with E-state index in [0.29, 0.717) is 18.1 Å². The fourth-order valence-corrected chi connectivity index (χ4v) is 1.47. The van der Waals surface area contributed by atoms with Crippen molar-refractivity contribution in [2.45, 2.75) is 19.4 Å². The van der Waals surface area contributed by atoms with Crippen LogP contribution in [0.3, 0.4) is 0 Å². The first kappa shape index (κ1) is 10.2. The number of carboxylic acids is 1. The SMILES string of the molecule is O=C(O)c1ccccc1COCC1CC1. The minimum absolute atomic E-state index is 0.341. The van der Waals surface area contributed by atoms with Crippen molar-refractivity contribution >= 4 is 5.97 Å². The molecule has 0 bridgehead atoms. The Morgan fingerprint density at radius 1 is 1.40 bits per heavy atom. The average molecular weight is 206 g/mol. The number of aromatic carboxylic acids is 1. The smallest absolute Gasteiger partial charge is 0.336 e. The molecule has 1 fully saturated rings. The van der Waals surface area contributed by atoms with E-state index in [1.165, 1.54) is 12.8 Å². The average Bonchev–Trinajstić information content (AvgIpc) is 3.02. The number of ether oxygens (including phenoxy) is 1. The summed E-state index contributed by atoms with van der Waals surface area (Å²) in [7, 11) is 0. The Hall–Kier alpha value is -1.35. The lowest BCUT2D eigenvalue weighted by Gasteiger charge is -2.06. The number of hydrogen-bond acceptors (Lipinski definition) is 2. The van der Waals surface area contributed by atoms with Gasteiger partial charge in [0.05, 0.1) is 12.2 Å². The molecule has 1 aliphatic carbocycles. The fourth-order valence-electron chi connectivity index (χ4n) is 1.47. The molecule has 0 aromatic heterocycles. The highest BCUT2D eigenvalue weighted by Crippen LogP contribution is 2.29. The molecule has 1 aromatic rings. The van der Waals surface area contributed by atoms with Crippen molar-refractivity contribution in [3.63, 3.8) is 0 Å². The van der Waals surface area contributed by atoms with Gasteiger partial charge in [0, 0.05) is 6.61 Å². The molecule has 0 radical (unpaired) electrons. The van der Waals surface area contributed by atoms with Crippen LogP contribution < -0.4 is 0 Å². The molecule has 0 unspecified atom stereocenters. The number of carboxylic acid groups (broad SMARTS) is 1. The topological polar surface area (TPSA) is 46.5 Å². The lowest BCUT2D eigenvalue weighted by molar-refractivity contribution is 0.0685. The number of carbonyl (C=O) groups is 1. The molecule has 0 heterocycles. The Labute approximate surface area is 88.7 Å². The molecule has 0 spiro atoms. The van der Waals surface area contributed by atoms with Gasteiger partial charge in [-0.1, -0.05) is 18.2 Å². The van der Waals surface area contributed by atoms with Crippen molar-refractivity contribution in [1.82, 2.24) is 0 Å². The summed E-state index contributed by atoms with van der Waals surface area (Å²) in [6.45, 7) is 1.16. The van der Waals surface area contributed by atoms with Gasteiger partial charge < -0.3 is 9.84 Å². The van der Waals surface area contributed by atoms with Gasteiger partial charge in [0.2, 0.25) is 0 Å². The maximum absolute atomic E-state index is 10.9. The van der Waals surface area contributed by atoms with Crippen LogP contribution in [0.15, 0.2) is 24.3 Å². The molecule has 2 rings (SSSR count). The van der Waals surface area contributed by atoms with Gasteiger partial charge in [-0.2, -0.15) is 0 Å². The van der Waals surface area contributed by atoms with Crippen molar-refractivity contribution in [2.24, 2.45) is 5.92 Å². The molecule has 1 saturated carbocycles. The van der Waals surface area contributed by atoms with Crippen LogP contribution in [0.4, 0.5) is 0 Å². The molecule has 80 valence electrons. The molecule has 0 aliphatic heterocycles. The second-order valence-electron chi connectivity index (χ2n) is 3.92. The fraction of sp³-hybridized carbons (Fsp3) is 0.417. The molecular weight excluding hydrogens is 192 g/mol. The summed E-state index contributed by atoms with van der Waals surface area (Å²) in [4.78, 5) is 10.9. The van der Waals surface area contributed by atoms with Crippen LogP contribution in [0.5, 0.6) is 0 Å². The van der Waals surface area contributed by atoms with Crippen LogP contribution in [0, 0.1) is 5.92 Å². The summed E-state index contributed by atoms with van der Waals surface area (Å²) in [5.74, 6) is -0.178. The monoisotopic (exact) mass is 206 g/mol. The molecule has 0 atom stereocenters. The van der Waals surface area contributed by atoms with Gasteiger partial charge >= 0.3 is 5.97 Å². The van der Waals surface area contributed by atoms with Crippen LogP contribution in [0.25, 0.3) is 0 Å². The first-order chi connectivity index (χ1) is 7.27. The maximum atomic E-state index is 10.9. The summed E-state index contributed by atoms with van der Waals surface area (Å²) in [5, 5.41) is 8.93. The molecule has 1 aromatic carbocycles. The molecule has 3 heteroatoms. The van der Waals surface area contributed by atoms with Gasteiger partial charge in [-0.3, -0.25) is 0 Å². The predicted octanol–water partition coefficient (Wildman–Crippen LogP) is 2.31. The van der Waals surface area contributed by atoms with Gasteiger partial charge in [-0.25, -0.2) is 4.79 Å². The van der Waals surface area contributed by atoms with Crippen LogP contribution in [0.1, 0.15) is 28.8 Å². The van der Waals surface area contributed by atoms with Crippen molar-refractivity contribution < 1.29 is 14.6 Å². The van der Waals surface area contributed by atoms with E-state index in [1.54, 1.807) is 18.2 Å². The van der Waals surface area contributed by atoms with Gasteiger partial charge in [-0.15, -0.1) is 0 Å². The first-order valence-corrected chi connectivity index (χ1v) is 5.16. The third kappa shape index (κ3) is 2.80. The number of hydrogen-bond donors (Lipinski definition) is 1. The number of rotatable bonds is 5. The Morgan fingerprint density at radius 3 is 2.80 bits per heavy atom. The van der Waals surface area contributed by atoms with Gasteiger partial charge in [0.25, 0.3) is 0 Å². The quantitative estimate of drug-likeness (QED) is 0.804. The minimum Gasteiger partial charge on any atom is -0.478 e. The van der Waals surface area contributed by atoms with Gasteiger partial charge in [-0.05, 0) is 30.4 Å². The molecule has 3 nitrogen and oxygen atoms in total. The van der Waals surface area contributed by atoms with Gasteiger partial charge in [0.15, 0.2) is 0 Å². The molecule has 0 saturated heterocycles. The Balaban J connectivity index is 1.95. The van der Waals surface area contributed by atoms with Gasteiger partial charge in [0.1, 0.15) is 0 Å². The zero-order chi connectivity index (χ0) is 10.7. The molecule has 1 N–H and O–H groups in total. The largest absolute Gasteiger partial charge is 0.478 e. The van der Waals surface area contributed by atoms with E-state index in [-0.39, 0.29) is 0 Å². The normalized spacial score (nSPS) is 15.2. The number of benzene rings is 1. The molecule has 1 aliphatic rings. The van der Waals surface area contributed by atoms with Crippen LogP contribution >= 0.6 is 0 Å². The van der Waals surface area contributed by atoms with Crippen LogP contribution in [-0.2, 0) is 11.3 Å². The van der Waals surface area contributed by atoms with Crippen molar-refractivity contribution in [1.29, 1.82) is 0 Å². The molecular formula is C12H14O3. The summed E-state index contributed by atoms with van der Waals surface area (Å²) in [5.41, 5.74) is 1.10. The van der Waals surface area contributed by atoms with Crippen LogP contribution in [0.2, 0.25) is 0 Å². The predicted molar refractivity (Wildman–Crippen MR) is 55.8 cm³/mol. The second kappa shape index (κ2) is 4.45. The highest BCUT2D eigenvalue weighted by Gasteiger charge is 2.21. The third-order valence-corrected chi connectivity index (χ3v) is 2.56. The molecule has 0 amide bonds. The van der Waals surface area contributed by atoms with E-state index >= 15 is 0 Å². The van der Waals surface area contributed by atoms with Crippen LogP contribution in [-0.4, -0.2) is 17.7 Å². The van der Waals surface area contributed by atoms with E-state index in [2.05, 4.69) is 0 Å². The van der Waals surface area contributed by atoms with E-state index in [9.17, 15) is 4.79 Å². The minimum atomic E-state index is -0.888. The first-order valence-electron chi connectivity index (χ1n) is 5.16. The summed E-state index contributed by atoms with van der Waals surface area (Å²) in [6, 6.07) is 6.98. The Kier molecular flexibility index (Phi) is 3.02. The van der Waals surface area contributed by atoms with Crippen molar-refractivity contribution in [3.05, 3.63) is 35.4 Å².